The maximum Gasteiger partial charge on any atom is 0.216 e. The summed E-state index contributed by atoms with van der Waals surface area (Å²) < 4.78 is 31.7. The third-order valence-electron chi connectivity index (χ3n) is 4.19. The molecule has 2 aliphatic rings. The fourth-order valence-corrected chi connectivity index (χ4v) is 4.25. The van der Waals surface area contributed by atoms with Crippen LogP contribution in [0.25, 0.3) is 0 Å². The molecule has 0 bridgehead atoms. The predicted octanol–water partition coefficient (Wildman–Crippen LogP) is 0.130. The lowest BCUT2D eigenvalue weighted by Crippen LogP contribution is -2.50. The number of ether oxygens (including phenoxy) is 1. The summed E-state index contributed by atoms with van der Waals surface area (Å²) in [5, 5.41) is 2.89. The molecular formula is C14H28N4O3S. The van der Waals surface area contributed by atoms with E-state index in [1.54, 1.807) is 0 Å². The van der Waals surface area contributed by atoms with Crippen LogP contribution in [-0.4, -0.2) is 62.8 Å². The van der Waals surface area contributed by atoms with Crippen molar-refractivity contribution in [3.05, 3.63) is 0 Å². The smallest absolute Gasteiger partial charge is 0.216 e. The second-order valence-corrected chi connectivity index (χ2v) is 8.43. The zero-order chi connectivity index (χ0) is 16.2. The molecule has 128 valence electrons. The molecule has 2 atom stereocenters. The lowest BCUT2D eigenvalue weighted by atomic mass is 9.86. The summed E-state index contributed by atoms with van der Waals surface area (Å²) in [6.07, 6.45) is 3.58. The van der Waals surface area contributed by atoms with Crippen molar-refractivity contribution in [1.82, 2.24) is 9.62 Å². The quantitative estimate of drug-likeness (QED) is 0.532. The second kappa shape index (κ2) is 7.61. The van der Waals surface area contributed by atoms with Crippen molar-refractivity contribution in [2.45, 2.75) is 45.3 Å². The number of hydrogen-bond donors (Lipinski definition) is 2. The lowest BCUT2D eigenvalue weighted by Gasteiger charge is -2.34. The Kier molecular flexibility index (Phi) is 6.05. The molecule has 0 spiro atoms. The van der Waals surface area contributed by atoms with E-state index < -0.39 is 10.0 Å². The molecular weight excluding hydrogens is 304 g/mol. The Labute approximate surface area is 133 Å². The van der Waals surface area contributed by atoms with Gasteiger partial charge in [-0.3, -0.25) is 4.99 Å². The van der Waals surface area contributed by atoms with Crippen molar-refractivity contribution in [3.63, 3.8) is 0 Å². The van der Waals surface area contributed by atoms with Gasteiger partial charge in [-0.05, 0) is 32.6 Å². The minimum absolute atomic E-state index is 0.0199. The number of morpholine rings is 1. The van der Waals surface area contributed by atoms with Crippen molar-refractivity contribution in [2.75, 3.05) is 31.9 Å². The first kappa shape index (κ1) is 17.5. The molecule has 22 heavy (non-hydrogen) atoms. The van der Waals surface area contributed by atoms with Gasteiger partial charge in [0.1, 0.15) is 0 Å². The first-order valence-corrected chi connectivity index (χ1v) is 9.65. The summed E-state index contributed by atoms with van der Waals surface area (Å²) in [7, 11) is -3.29. The Hall–Kier alpha value is -0.860. The average Bonchev–Trinajstić information content (AvgIpc) is 2.35. The van der Waals surface area contributed by atoms with E-state index >= 15 is 0 Å². The second-order valence-electron chi connectivity index (χ2n) is 6.34. The Balaban J connectivity index is 1.74. The number of hydrogen-bond acceptors (Lipinski definition) is 4. The van der Waals surface area contributed by atoms with Crippen LogP contribution in [0.3, 0.4) is 0 Å². The topological polar surface area (TPSA) is 97.0 Å². The van der Waals surface area contributed by atoms with Gasteiger partial charge >= 0.3 is 0 Å². The molecule has 1 saturated heterocycles. The van der Waals surface area contributed by atoms with Crippen molar-refractivity contribution >= 4 is 16.0 Å². The molecule has 0 aromatic rings. The number of nitrogens with two attached hydrogens (primary N) is 1. The SMILES string of the molecule is CC1CN(S(=O)(=O)CCNC(N)=NCC2CCC2)CC(C)O1. The van der Waals surface area contributed by atoms with Crippen LogP contribution in [0.5, 0.6) is 0 Å². The van der Waals surface area contributed by atoms with Gasteiger partial charge < -0.3 is 15.8 Å². The fourth-order valence-electron chi connectivity index (χ4n) is 2.75. The Morgan fingerprint density at radius 1 is 1.32 bits per heavy atom. The molecule has 8 heteroatoms. The van der Waals surface area contributed by atoms with Crippen LogP contribution in [0.4, 0.5) is 0 Å². The van der Waals surface area contributed by atoms with Crippen molar-refractivity contribution in [1.29, 1.82) is 0 Å². The predicted molar refractivity (Wildman–Crippen MR) is 87.2 cm³/mol. The number of aliphatic imine (C=N–C) groups is 1. The highest BCUT2D eigenvalue weighted by molar-refractivity contribution is 7.89. The molecule has 1 aliphatic heterocycles. The molecule has 2 rings (SSSR count). The van der Waals surface area contributed by atoms with Crippen LogP contribution in [0.1, 0.15) is 33.1 Å². The molecule has 0 radical (unpaired) electrons. The van der Waals surface area contributed by atoms with Gasteiger partial charge in [0, 0.05) is 26.2 Å². The summed E-state index contributed by atoms with van der Waals surface area (Å²) >= 11 is 0. The third kappa shape index (κ3) is 5.10. The summed E-state index contributed by atoms with van der Waals surface area (Å²) in [4.78, 5) is 4.26. The van der Waals surface area contributed by atoms with Crippen LogP contribution < -0.4 is 11.1 Å². The average molecular weight is 332 g/mol. The van der Waals surface area contributed by atoms with Crippen LogP contribution >= 0.6 is 0 Å². The highest BCUT2D eigenvalue weighted by atomic mass is 32.2. The number of rotatable bonds is 6. The van der Waals surface area contributed by atoms with Crippen LogP contribution in [-0.2, 0) is 14.8 Å². The van der Waals surface area contributed by atoms with Gasteiger partial charge in [-0.15, -0.1) is 0 Å². The maximum atomic E-state index is 12.3. The van der Waals surface area contributed by atoms with Gasteiger partial charge in [-0.1, -0.05) is 6.42 Å². The molecule has 0 aromatic carbocycles. The summed E-state index contributed by atoms with van der Waals surface area (Å²) in [5.41, 5.74) is 5.76. The molecule has 2 fully saturated rings. The van der Waals surface area contributed by atoms with Gasteiger partial charge in [0.2, 0.25) is 10.0 Å². The fraction of sp³-hybridized carbons (Fsp3) is 0.929. The molecule has 1 aliphatic carbocycles. The Bertz CT molecular complexity index is 480. The first-order chi connectivity index (χ1) is 10.4. The van der Waals surface area contributed by atoms with E-state index in [0.717, 1.165) is 6.54 Å². The van der Waals surface area contributed by atoms with Gasteiger partial charge in [0.15, 0.2) is 5.96 Å². The molecule has 1 heterocycles. The molecule has 2 unspecified atom stereocenters. The van der Waals surface area contributed by atoms with E-state index in [1.807, 2.05) is 13.8 Å². The Morgan fingerprint density at radius 2 is 1.95 bits per heavy atom. The van der Waals surface area contributed by atoms with Crippen LogP contribution in [0.2, 0.25) is 0 Å². The first-order valence-electron chi connectivity index (χ1n) is 8.04. The molecule has 3 N–H and O–H groups in total. The summed E-state index contributed by atoms with van der Waals surface area (Å²) in [6.45, 7) is 5.63. The molecule has 0 amide bonds. The van der Waals surface area contributed by atoms with Gasteiger partial charge in [0.05, 0.1) is 18.0 Å². The standard InChI is InChI=1S/C14H28N4O3S/c1-11-9-18(10-12(2)21-11)22(19,20)7-6-16-14(15)17-8-13-4-3-5-13/h11-13H,3-10H2,1-2H3,(H3,15,16,17). The highest BCUT2D eigenvalue weighted by Gasteiger charge is 2.30. The van der Waals surface area contributed by atoms with E-state index in [1.165, 1.54) is 23.6 Å². The molecule has 7 nitrogen and oxygen atoms in total. The largest absolute Gasteiger partial charge is 0.373 e. The van der Waals surface area contributed by atoms with E-state index in [9.17, 15) is 8.42 Å². The monoisotopic (exact) mass is 332 g/mol. The molecule has 0 aromatic heterocycles. The third-order valence-corrected chi connectivity index (χ3v) is 6.00. The highest BCUT2D eigenvalue weighted by Crippen LogP contribution is 2.26. The van der Waals surface area contributed by atoms with Crippen molar-refractivity contribution in [2.24, 2.45) is 16.6 Å². The summed E-state index contributed by atoms with van der Waals surface area (Å²) in [6, 6.07) is 0. The van der Waals surface area contributed by atoms with Crippen LogP contribution in [0.15, 0.2) is 4.99 Å². The minimum Gasteiger partial charge on any atom is -0.373 e. The number of nitrogens with zero attached hydrogens (tertiary/aromatic N) is 2. The number of guanidine groups is 1. The van der Waals surface area contributed by atoms with Gasteiger partial charge in [-0.25, -0.2) is 8.42 Å². The zero-order valence-electron chi connectivity index (χ0n) is 13.5. The van der Waals surface area contributed by atoms with E-state index in [-0.39, 0.29) is 24.5 Å². The van der Waals surface area contributed by atoms with Gasteiger partial charge in [0.25, 0.3) is 0 Å². The van der Waals surface area contributed by atoms with E-state index in [4.69, 9.17) is 10.5 Å². The normalized spacial score (nSPS) is 28.4. The maximum absolute atomic E-state index is 12.3. The minimum atomic E-state index is -3.29. The number of nitrogens with one attached hydrogen (secondary N) is 1. The van der Waals surface area contributed by atoms with Gasteiger partial charge in [-0.2, -0.15) is 4.31 Å². The van der Waals surface area contributed by atoms with Crippen molar-refractivity contribution in [3.8, 4) is 0 Å². The lowest BCUT2D eigenvalue weighted by molar-refractivity contribution is -0.0440. The zero-order valence-corrected chi connectivity index (χ0v) is 14.3. The van der Waals surface area contributed by atoms with Crippen molar-refractivity contribution < 1.29 is 13.2 Å². The van der Waals surface area contributed by atoms with E-state index in [2.05, 4.69) is 10.3 Å². The summed E-state index contributed by atoms with van der Waals surface area (Å²) in [5.74, 6) is 1.01. The Morgan fingerprint density at radius 3 is 2.50 bits per heavy atom. The van der Waals surface area contributed by atoms with Crippen LogP contribution in [0, 0.1) is 5.92 Å². The number of sulfonamides is 1. The van der Waals surface area contributed by atoms with E-state index in [0.29, 0.717) is 25.0 Å². The molecule has 1 saturated carbocycles.